The molecule has 1 amide bonds. The van der Waals surface area contributed by atoms with E-state index in [-0.39, 0.29) is 11.9 Å². The van der Waals surface area contributed by atoms with E-state index in [2.05, 4.69) is 48.6 Å². The standard InChI is InChI=1S/C25H31N5O2/c31-25(30-10-5-4-8-22(30)18-28-12-14-32-15-13-28)21-16-23-24(26-17-21)29(19-27-23)11-9-20-6-2-1-3-7-20/h1-3,6-7,16-17,19,22H,4-5,8-15,18H2. The fourth-order valence-corrected chi connectivity index (χ4v) is 4.83. The fourth-order valence-electron chi connectivity index (χ4n) is 4.83. The molecule has 1 atom stereocenters. The zero-order valence-electron chi connectivity index (χ0n) is 18.5. The van der Waals surface area contributed by atoms with Crippen molar-refractivity contribution in [3.63, 3.8) is 0 Å². The third-order valence-corrected chi connectivity index (χ3v) is 6.65. The van der Waals surface area contributed by atoms with Gasteiger partial charge >= 0.3 is 0 Å². The van der Waals surface area contributed by atoms with Gasteiger partial charge in [-0.25, -0.2) is 9.97 Å². The number of carbonyl (C=O) groups excluding carboxylic acids is 1. The average Bonchev–Trinajstić information content (AvgIpc) is 3.26. The third kappa shape index (κ3) is 4.69. The van der Waals surface area contributed by atoms with Crippen LogP contribution in [-0.4, -0.2) is 75.7 Å². The van der Waals surface area contributed by atoms with Gasteiger partial charge in [0.15, 0.2) is 5.65 Å². The lowest BCUT2D eigenvalue weighted by atomic mass is 10.00. The van der Waals surface area contributed by atoms with Crippen molar-refractivity contribution >= 4 is 17.1 Å². The van der Waals surface area contributed by atoms with Crippen molar-refractivity contribution in [2.24, 2.45) is 0 Å². The summed E-state index contributed by atoms with van der Waals surface area (Å²) in [6.45, 7) is 6.03. The number of fused-ring (bicyclic) bond motifs is 1. The summed E-state index contributed by atoms with van der Waals surface area (Å²) in [7, 11) is 0. The molecule has 168 valence electrons. The quantitative estimate of drug-likeness (QED) is 0.598. The maximum atomic E-state index is 13.4. The minimum Gasteiger partial charge on any atom is -0.379 e. The first-order valence-electron chi connectivity index (χ1n) is 11.7. The first-order chi connectivity index (χ1) is 15.8. The van der Waals surface area contributed by atoms with Crippen molar-refractivity contribution in [1.82, 2.24) is 24.3 Å². The summed E-state index contributed by atoms with van der Waals surface area (Å²) in [6.07, 6.45) is 7.79. The second-order valence-electron chi connectivity index (χ2n) is 8.80. The van der Waals surface area contributed by atoms with Gasteiger partial charge in [-0.3, -0.25) is 9.69 Å². The number of amides is 1. The molecule has 2 saturated heterocycles. The maximum absolute atomic E-state index is 13.4. The number of pyridine rings is 1. The molecule has 3 aromatic rings. The second-order valence-corrected chi connectivity index (χ2v) is 8.80. The monoisotopic (exact) mass is 433 g/mol. The summed E-state index contributed by atoms with van der Waals surface area (Å²) in [5.41, 5.74) is 3.55. The van der Waals surface area contributed by atoms with Crippen LogP contribution < -0.4 is 0 Å². The topological polar surface area (TPSA) is 63.5 Å². The number of nitrogens with zero attached hydrogens (tertiary/aromatic N) is 5. The van der Waals surface area contributed by atoms with E-state index in [1.807, 2.05) is 18.5 Å². The number of likely N-dealkylation sites (tertiary alicyclic amines) is 1. The number of piperidine rings is 1. The van der Waals surface area contributed by atoms with E-state index < -0.39 is 0 Å². The van der Waals surface area contributed by atoms with Crippen LogP contribution in [0.1, 0.15) is 35.2 Å². The second kappa shape index (κ2) is 9.79. The normalized spacial score (nSPS) is 20.0. The van der Waals surface area contributed by atoms with E-state index in [1.165, 1.54) is 12.0 Å². The highest BCUT2D eigenvalue weighted by molar-refractivity contribution is 5.96. The number of hydrogen-bond acceptors (Lipinski definition) is 5. The van der Waals surface area contributed by atoms with E-state index in [1.54, 1.807) is 6.20 Å². The van der Waals surface area contributed by atoms with Gasteiger partial charge in [-0.1, -0.05) is 30.3 Å². The van der Waals surface area contributed by atoms with E-state index >= 15 is 0 Å². The lowest BCUT2D eigenvalue weighted by Gasteiger charge is -2.39. The van der Waals surface area contributed by atoms with Gasteiger partial charge in [0.05, 0.1) is 25.1 Å². The number of aromatic nitrogens is 3. The molecule has 0 aliphatic carbocycles. The Labute approximate surface area is 189 Å². The van der Waals surface area contributed by atoms with Crippen molar-refractivity contribution in [2.75, 3.05) is 39.4 Å². The van der Waals surface area contributed by atoms with Gasteiger partial charge in [0, 0.05) is 45.0 Å². The van der Waals surface area contributed by atoms with Crippen molar-refractivity contribution in [1.29, 1.82) is 0 Å². The molecule has 1 aromatic carbocycles. The van der Waals surface area contributed by atoms with Crippen LogP contribution in [0.2, 0.25) is 0 Å². The Morgan fingerprint density at radius 3 is 2.75 bits per heavy atom. The predicted octanol–water partition coefficient (Wildman–Crippen LogP) is 3.00. The van der Waals surface area contributed by atoms with Crippen LogP contribution in [0.15, 0.2) is 48.9 Å². The molecule has 7 heteroatoms. The highest BCUT2D eigenvalue weighted by Crippen LogP contribution is 2.22. The first-order valence-corrected chi connectivity index (χ1v) is 11.7. The van der Waals surface area contributed by atoms with Gasteiger partial charge in [-0.15, -0.1) is 0 Å². The predicted molar refractivity (Wildman–Crippen MR) is 124 cm³/mol. The molecule has 2 aromatic heterocycles. The Morgan fingerprint density at radius 2 is 1.91 bits per heavy atom. The minimum atomic E-state index is 0.0798. The van der Waals surface area contributed by atoms with Gasteiger partial charge in [0.25, 0.3) is 5.91 Å². The molecule has 0 N–H and O–H groups in total. The van der Waals surface area contributed by atoms with Crippen molar-refractivity contribution in [3.05, 3.63) is 60.0 Å². The van der Waals surface area contributed by atoms with Crippen molar-refractivity contribution in [3.8, 4) is 0 Å². The van der Waals surface area contributed by atoms with Crippen molar-refractivity contribution < 1.29 is 9.53 Å². The largest absolute Gasteiger partial charge is 0.379 e. The van der Waals surface area contributed by atoms with Crippen LogP contribution in [0.4, 0.5) is 0 Å². The summed E-state index contributed by atoms with van der Waals surface area (Å²) in [6, 6.07) is 12.6. The third-order valence-electron chi connectivity index (χ3n) is 6.65. The Bertz CT molecular complexity index is 1040. The highest BCUT2D eigenvalue weighted by Gasteiger charge is 2.30. The number of aryl methyl sites for hydroxylation is 2. The lowest BCUT2D eigenvalue weighted by molar-refractivity contribution is 0.0166. The molecule has 2 aliphatic rings. The lowest BCUT2D eigenvalue weighted by Crippen LogP contribution is -2.51. The van der Waals surface area contributed by atoms with E-state index in [0.717, 1.165) is 76.4 Å². The number of hydrogen-bond donors (Lipinski definition) is 0. The van der Waals surface area contributed by atoms with Crippen LogP contribution >= 0.6 is 0 Å². The van der Waals surface area contributed by atoms with Crippen LogP contribution in [-0.2, 0) is 17.7 Å². The molecule has 32 heavy (non-hydrogen) atoms. The van der Waals surface area contributed by atoms with Gasteiger partial charge in [0.1, 0.15) is 5.52 Å². The molecule has 0 saturated carbocycles. The van der Waals surface area contributed by atoms with Gasteiger partial charge in [0.2, 0.25) is 0 Å². The molecule has 2 aliphatic heterocycles. The van der Waals surface area contributed by atoms with E-state index in [0.29, 0.717) is 5.56 Å². The van der Waals surface area contributed by atoms with Crippen LogP contribution in [0.5, 0.6) is 0 Å². The Kier molecular flexibility index (Phi) is 6.46. The summed E-state index contributed by atoms with van der Waals surface area (Å²) in [5, 5.41) is 0. The highest BCUT2D eigenvalue weighted by atomic mass is 16.5. The molecule has 0 spiro atoms. The number of rotatable bonds is 6. The molecule has 5 rings (SSSR count). The Hall–Kier alpha value is -2.77. The number of carbonyl (C=O) groups is 1. The summed E-state index contributed by atoms with van der Waals surface area (Å²) < 4.78 is 7.55. The molecule has 2 fully saturated rings. The average molecular weight is 434 g/mol. The molecule has 1 unspecified atom stereocenters. The zero-order valence-corrected chi connectivity index (χ0v) is 18.5. The molecule has 4 heterocycles. The van der Waals surface area contributed by atoms with Gasteiger partial charge in [-0.05, 0) is 37.3 Å². The van der Waals surface area contributed by atoms with E-state index in [9.17, 15) is 4.79 Å². The Balaban J connectivity index is 1.29. The summed E-state index contributed by atoms with van der Waals surface area (Å²) in [4.78, 5) is 27.1. The minimum absolute atomic E-state index is 0.0798. The maximum Gasteiger partial charge on any atom is 0.255 e. The number of benzene rings is 1. The number of ether oxygens (including phenoxy) is 1. The number of morpholine rings is 1. The molecule has 0 radical (unpaired) electrons. The van der Waals surface area contributed by atoms with E-state index in [4.69, 9.17) is 4.74 Å². The van der Waals surface area contributed by atoms with Crippen LogP contribution in [0, 0.1) is 0 Å². The SMILES string of the molecule is O=C(c1cnc2c(c1)ncn2CCc1ccccc1)N1CCCCC1CN1CCOCC1. The van der Waals surface area contributed by atoms with Gasteiger partial charge < -0.3 is 14.2 Å². The number of imidazole rings is 1. The van der Waals surface area contributed by atoms with Crippen LogP contribution in [0.3, 0.4) is 0 Å². The van der Waals surface area contributed by atoms with Gasteiger partial charge in [-0.2, -0.15) is 0 Å². The van der Waals surface area contributed by atoms with Crippen LogP contribution in [0.25, 0.3) is 11.2 Å². The Morgan fingerprint density at radius 1 is 1.06 bits per heavy atom. The first kappa shape index (κ1) is 21.1. The zero-order chi connectivity index (χ0) is 21.8. The summed E-state index contributed by atoms with van der Waals surface area (Å²) in [5.74, 6) is 0.0798. The molecular formula is C25H31N5O2. The molecular weight excluding hydrogens is 402 g/mol. The summed E-state index contributed by atoms with van der Waals surface area (Å²) >= 11 is 0. The van der Waals surface area contributed by atoms with Crippen molar-refractivity contribution in [2.45, 2.75) is 38.3 Å². The smallest absolute Gasteiger partial charge is 0.255 e. The fraction of sp³-hybridized carbons (Fsp3) is 0.480. The molecule has 7 nitrogen and oxygen atoms in total. The molecule has 0 bridgehead atoms.